The fraction of sp³-hybridized carbons (Fsp3) is 0.417. The molecule has 0 N–H and O–H groups in total. The van der Waals surface area contributed by atoms with E-state index in [9.17, 15) is 0 Å². The largest absolute Gasteiger partial charge is 0.372 e. The molecule has 0 bridgehead atoms. The summed E-state index contributed by atoms with van der Waals surface area (Å²) in [4.78, 5) is 2.30. The maximum Gasteiger partial charge on any atom is 0.100 e. The smallest absolute Gasteiger partial charge is 0.100 e. The minimum absolute atomic E-state index is 0.686. The Hall–Kier alpha value is -1.01. The van der Waals surface area contributed by atoms with E-state index in [1.54, 1.807) is 0 Å². The molecule has 0 aromatic heterocycles. The van der Waals surface area contributed by atoms with Crippen LogP contribution in [0.15, 0.2) is 22.7 Å². The molecule has 0 unspecified atom stereocenters. The zero-order valence-corrected chi connectivity index (χ0v) is 10.7. The average Bonchev–Trinajstić information content (AvgIpc) is 2.25. The highest BCUT2D eigenvalue weighted by Gasteiger charge is 2.05. The van der Waals surface area contributed by atoms with E-state index < -0.39 is 0 Å². The SMILES string of the molecule is CCCN(CC)c1ccc(C#N)c(Br)c1. The van der Waals surface area contributed by atoms with Gasteiger partial charge in [-0.1, -0.05) is 6.92 Å². The van der Waals surface area contributed by atoms with Crippen molar-refractivity contribution in [1.82, 2.24) is 0 Å². The Morgan fingerprint density at radius 3 is 2.60 bits per heavy atom. The Morgan fingerprint density at radius 1 is 1.40 bits per heavy atom. The Kier molecular flexibility index (Phi) is 4.64. The number of hydrogen-bond acceptors (Lipinski definition) is 2. The third-order valence-electron chi connectivity index (χ3n) is 2.31. The second kappa shape index (κ2) is 5.77. The van der Waals surface area contributed by atoms with Crippen molar-refractivity contribution in [1.29, 1.82) is 5.26 Å². The molecule has 15 heavy (non-hydrogen) atoms. The van der Waals surface area contributed by atoms with Gasteiger partial charge in [0.25, 0.3) is 0 Å². The molecule has 3 heteroatoms. The van der Waals surface area contributed by atoms with Crippen molar-refractivity contribution in [3.05, 3.63) is 28.2 Å². The summed E-state index contributed by atoms with van der Waals surface area (Å²) in [5.41, 5.74) is 1.86. The molecule has 0 saturated carbocycles. The van der Waals surface area contributed by atoms with E-state index in [4.69, 9.17) is 5.26 Å². The van der Waals surface area contributed by atoms with Crippen LogP contribution < -0.4 is 4.90 Å². The third-order valence-corrected chi connectivity index (χ3v) is 2.97. The van der Waals surface area contributed by atoms with Gasteiger partial charge in [0.2, 0.25) is 0 Å². The fourth-order valence-electron chi connectivity index (χ4n) is 1.53. The second-order valence-electron chi connectivity index (χ2n) is 3.36. The second-order valence-corrected chi connectivity index (χ2v) is 4.21. The van der Waals surface area contributed by atoms with Crippen molar-refractivity contribution in [3.63, 3.8) is 0 Å². The lowest BCUT2D eigenvalue weighted by atomic mass is 10.2. The topological polar surface area (TPSA) is 27.0 Å². The molecule has 2 nitrogen and oxygen atoms in total. The number of rotatable bonds is 4. The number of halogens is 1. The van der Waals surface area contributed by atoms with Crippen molar-refractivity contribution >= 4 is 21.6 Å². The van der Waals surface area contributed by atoms with Crippen LogP contribution in [0.1, 0.15) is 25.8 Å². The summed E-state index contributed by atoms with van der Waals surface area (Å²) >= 11 is 3.41. The number of benzene rings is 1. The van der Waals surface area contributed by atoms with Gasteiger partial charge in [-0.2, -0.15) is 5.26 Å². The van der Waals surface area contributed by atoms with Crippen molar-refractivity contribution < 1.29 is 0 Å². The highest BCUT2D eigenvalue weighted by Crippen LogP contribution is 2.23. The monoisotopic (exact) mass is 266 g/mol. The first-order chi connectivity index (χ1) is 7.22. The van der Waals surface area contributed by atoms with Gasteiger partial charge in [-0.3, -0.25) is 0 Å². The van der Waals surface area contributed by atoms with Crippen molar-refractivity contribution in [3.8, 4) is 6.07 Å². The molecule has 1 aromatic carbocycles. The van der Waals surface area contributed by atoms with E-state index in [1.165, 1.54) is 5.69 Å². The van der Waals surface area contributed by atoms with Gasteiger partial charge in [0, 0.05) is 23.2 Å². The van der Waals surface area contributed by atoms with Gasteiger partial charge in [0.05, 0.1) is 5.56 Å². The lowest BCUT2D eigenvalue weighted by molar-refractivity contribution is 0.791. The maximum atomic E-state index is 8.81. The molecule has 0 aliphatic rings. The van der Waals surface area contributed by atoms with Crippen LogP contribution in [0.5, 0.6) is 0 Å². The Bertz CT molecular complexity index is 368. The van der Waals surface area contributed by atoms with Crippen molar-refractivity contribution in [2.45, 2.75) is 20.3 Å². The summed E-state index contributed by atoms with van der Waals surface area (Å²) in [6, 6.07) is 8.02. The van der Waals surface area contributed by atoms with Gasteiger partial charge in [-0.05, 0) is 47.5 Å². The van der Waals surface area contributed by atoms with Crippen LogP contribution in [0.25, 0.3) is 0 Å². The maximum absolute atomic E-state index is 8.81. The molecule has 0 atom stereocenters. The summed E-state index contributed by atoms with van der Waals surface area (Å²) in [7, 11) is 0. The molecule has 0 saturated heterocycles. The van der Waals surface area contributed by atoms with Gasteiger partial charge in [0.1, 0.15) is 6.07 Å². The Morgan fingerprint density at radius 2 is 2.13 bits per heavy atom. The molecule has 0 fully saturated rings. The van der Waals surface area contributed by atoms with Gasteiger partial charge in [-0.15, -0.1) is 0 Å². The predicted molar refractivity (Wildman–Crippen MR) is 67.0 cm³/mol. The van der Waals surface area contributed by atoms with Crippen molar-refractivity contribution in [2.24, 2.45) is 0 Å². The number of hydrogen-bond donors (Lipinski definition) is 0. The van der Waals surface area contributed by atoms with Crippen LogP contribution in [0.4, 0.5) is 5.69 Å². The summed E-state index contributed by atoms with van der Waals surface area (Å²) in [5.74, 6) is 0. The zero-order chi connectivity index (χ0) is 11.3. The van der Waals surface area contributed by atoms with Gasteiger partial charge in [0.15, 0.2) is 0 Å². The number of nitriles is 1. The van der Waals surface area contributed by atoms with E-state index in [1.807, 2.05) is 18.2 Å². The van der Waals surface area contributed by atoms with Gasteiger partial charge < -0.3 is 4.90 Å². The van der Waals surface area contributed by atoms with Crippen molar-refractivity contribution in [2.75, 3.05) is 18.0 Å². The standard InChI is InChI=1S/C12H15BrN2/c1-3-7-15(4-2)11-6-5-10(9-14)12(13)8-11/h5-6,8H,3-4,7H2,1-2H3. The lowest BCUT2D eigenvalue weighted by Gasteiger charge is -2.22. The third kappa shape index (κ3) is 2.97. The van der Waals surface area contributed by atoms with Gasteiger partial charge in [-0.25, -0.2) is 0 Å². The van der Waals surface area contributed by atoms with E-state index >= 15 is 0 Å². The quantitative estimate of drug-likeness (QED) is 0.834. The van der Waals surface area contributed by atoms with Gasteiger partial charge >= 0.3 is 0 Å². The number of nitrogens with zero attached hydrogens (tertiary/aromatic N) is 2. The van der Waals surface area contributed by atoms with E-state index in [0.29, 0.717) is 5.56 Å². The first kappa shape index (κ1) is 12.1. The minimum Gasteiger partial charge on any atom is -0.372 e. The minimum atomic E-state index is 0.686. The molecule has 0 heterocycles. The van der Waals surface area contributed by atoms with Crippen LogP contribution in [-0.2, 0) is 0 Å². The summed E-state index contributed by atoms with van der Waals surface area (Å²) in [5, 5.41) is 8.81. The van der Waals surface area contributed by atoms with E-state index in [-0.39, 0.29) is 0 Å². The van der Waals surface area contributed by atoms with Crippen LogP contribution in [0.2, 0.25) is 0 Å². The van der Waals surface area contributed by atoms with Crippen LogP contribution in [-0.4, -0.2) is 13.1 Å². The molecular weight excluding hydrogens is 252 g/mol. The molecule has 80 valence electrons. The molecule has 0 spiro atoms. The highest BCUT2D eigenvalue weighted by atomic mass is 79.9. The van der Waals surface area contributed by atoms with Crippen LogP contribution >= 0.6 is 15.9 Å². The molecule has 0 aliphatic carbocycles. The zero-order valence-electron chi connectivity index (χ0n) is 9.13. The summed E-state index contributed by atoms with van der Waals surface area (Å²) in [6.45, 7) is 6.35. The molecular formula is C12H15BrN2. The predicted octanol–water partition coefficient (Wildman–Crippen LogP) is 3.56. The average molecular weight is 267 g/mol. The molecule has 1 rings (SSSR count). The molecule has 0 aliphatic heterocycles. The van der Waals surface area contributed by atoms with E-state index in [0.717, 1.165) is 24.0 Å². The number of anilines is 1. The van der Waals surface area contributed by atoms with E-state index in [2.05, 4.69) is 40.7 Å². The summed E-state index contributed by atoms with van der Waals surface area (Å²) in [6.07, 6.45) is 1.13. The first-order valence-electron chi connectivity index (χ1n) is 5.17. The molecule has 0 amide bonds. The molecule has 1 aromatic rings. The van der Waals surface area contributed by atoms with Crippen LogP contribution in [0, 0.1) is 11.3 Å². The summed E-state index contributed by atoms with van der Waals surface area (Å²) < 4.78 is 0.872. The fourth-order valence-corrected chi connectivity index (χ4v) is 1.99. The Labute approximate surface area is 99.6 Å². The Balaban J connectivity index is 2.95. The molecule has 0 radical (unpaired) electrons. The first-order valence-corrected chi connectivity index (χ1v) is 5.96. The lowest BCUT2D eigenvalue weighted by Crippen LogP contribution is -2.23. The van der Waals surface area contributed by atoms with Crippen LogP contribution in [0.3, 0.4) is 0 Å². The highest BCUT2D eigenvalue weighted by molar-refractivity contribution is 9.10. The normalized spacial score (nSPS) is 9.73.